The van der Waals surface area contributed by atoms with E-state index >= 15 is 0 Å². The predicted octanol–water partition coefficient (Wildman–Crippen LogP) is 5.16. The van der Waals surface area contributed by atoms with Gasteiger partial charge < -0.3 is 34.5 Å². The van der Waals surface area contributed by atoms with Crippen LogP contribution in [0.3, 0.4) is 0 Å². The largest absolute Gasteiger partial charge is 0.444 e. The van der Waals surface area contributed by atoms with Crippen LogP contribution in [0.2, 0.25) is 0 Å². The van der Waals surface area contributed by atoms with Crippen molar-refractivity contribution in [3.05, 3.63) is 66.1 Å². The lowest BCUT2D eigenvalue weighted by Gasteiger charge is -2.30. The molecule has 56 heavy (non-hydrogen) atoms. The Balaban J connectivity index is 1.34. The number of para-hydroxylation sites is 2. The van der Waals surface area contributed by atoms with Crippen LogP contribution in [0.5, 0.6) is 0 Å². The number of ether oxygens (including phenoxy) is 2. The minimum atomic E-state index is -3.79. The van der Waals surface area contributed by atoms with E-state index in [-0.39, 0.29) is 25.3 Å². The Morgan fingerprint density at radius 1 is 1.00 bits per heavy atom. The molecule has 1 unspecified atom stereocenters. The molecular weight excluding hydrogens is 739 g/mol. The molecule has 2 fully saturated rings. The topological polar surface area (TPSA) is 189 Å². The van der Waals surface area contributed by atoms with Crippen molar-refractivity contribution in [1.82, 2.24) is 25.2 Å². The summed E-state index contributed by atoms with van der Waals surface area (Å²) in [6, 6.07) is 13.6. The molecule has 1 saturated heterocycles. The molecule has 0 bridgehead atoms. The lowest BCUT2D eigenvalue weighted by molar-refractivity contribution is -0.140. The molecule has 2 aliphatic rings. The lowest BCUT2D eigenvalue weighted by Crippen LogP contribution is -2.55. The number of oxazole rings is 1. The second kappa shape index (κ2) is 19.9. The average molecular weight is 798 g/mol. The van der Waals surface area contributed by atoms with Crippen molar-refractivity contribution in [2.75, 3.05) is 26.0 Å². The zero-order chi connectivity index (χ0) is 40.3. The van der Waals surface area contributed by atoms with E-state index < -0.39 is 63.9 Å². The van der Waals surface area contributed by atoms with E-state index in [1.807, 2.05) is 36.4 Å². The summed E-state index contributed by atoms with van der Waals surface area (Å²) in [4.78, 5) is 46.9. The van der Waals surface area contributed by atoms with Crippen LogP contribution in [-0.2, 0) is 35.5 Å². The van der Waals surface area contributed by atoms with Crippen LogP contribution in [-0.4, -0.2) is 97.1 Å². The van der Waals surface area contributed by atoms with Crippen LogP contribution >= 0.6 is 0 Å². The Bertz CT molecular complexity index is 1810. The van der Waals surface area contributed by atoms with Crippen LogP contribution in [0.4, 0.5) is 4.79 Å². The Morgan fingerprint density at radius 2 is 1.71 bits per heavy atom. The maximum atomic E-state index is 14.4. The van der Waals surface area contributed by atoms with Crippen molar-refractivity contribution in [2.24, 2.45) is 5.92 Å². The molecule has 308 valence electrons. The summed E-state index contributed by atoms with van der Waals surface area (Å²) in [6.07, 6.45) is 6.50. The van der Waals surface area contributed by atoms with Crippen LogP contribution in [0, 0.1) is 5.92 Å². The van der Waals surface area contributed by atoms with Gasteiger partial charge in [-0.15, -0.1) is 0 Å². The molecule has 2 heterocycles. The number of likely N-dealkylation sites (tertiary alicyclic amines) is 1. The number of fused-ring (bicyclic) bond motifs is 1. The first kappa shape index (κ1) is 43.1. The molecule has 2 aromatic carbocycles. The number of benzene rings is 2. The predicted molar refractivity (Wildman–Crippen MR) is 212 cm³/mol. The molecule has 0 spiro atoms. The van der Waals surface area contributed by atoms with E-state index in [9.17, 15) is 27.9 Å². The number of aliphatic hydroxyl groups excluding tert-OH is 1. The smallest absolute Gasteiger partial charge is 0.407 e. The molecular formula is C41H59N5O9S. The van der Waals surface area contributed by atoms with Crippen LogP contribution in [0.25, 0.3) is 11.1 Å². The first-order chi connectivity index (χ1) is 26.6. The van der Waals surface area contributed by atoms with Crippen LogP contribution in [0.15, 0.2) is 59.0 Å². The van der Waals surface area contributed by atoms with Gasteiger partial charge in [0.05, 0.1) is 18.4 Å². The molecule has 3 aromatic rings. The third kappa shape index (κ3) is 13.3. The molecule has 5 atom stereocenters. The Kier molecular flexibility index (Phi) is 15.3. The minimum Gasteiger partial charge on any atom is -0.444 e. The van der Waals surface area contributed by atoms with E-state index in [4.69, 9.17) is 13.9 Å². The monoisotopic (exact) mass is 797 g/mol. The SMILES string of the molecule is CC(C)(C)OC(=O)NCCCC[C@H](NC(=O)[C@@H]1C[C@@H](OCC2CCCCC2)CN1C(=O)[C@@H](CCc1ccccc1)NS(C)(=O)=O)C(O)c1nc2ccccc2o1. The van der Waals surface area contributed by atoms with E-state index in [1.54, 1.807) is 39.0 Å². The van der Waals surface area contributed by atoms with E-state index in [1.165, 1.54) is 11.3 Å². The van der Waals surface area contributed by atoms with Crippen molar-refractivity contribution < 1.29 is 41.8 Å². The zero-order valence-electron chi connectivity index (χ0n) is 33.1. The molecule has 1 aliphatic heterocycles. The fourth-order valence-corrected chi connectivity index (χ4v) is 8.19. The number of unbranched alkanes of at least 4 members (excludes halogenated alkanes) is 1. The van der Waals surface area contributed by atoms with E-state index in [0.717, 1.165) is 37.5 Å². The number of hydrogen-bond acceptors (Lipinski definition) is 10. The van der Waals surface area contributed by atoms with Crippen molar-refractivity contribution in [1.29, 1.82) is 0 Å². The van der Waals surface area contributed by atoms with Gasteiger partial charge in [0.1, 0.15) is 23.2 Å². The number of aryl methyl sites for hydroxylation is 1. The highest BCUT2D eigenvalue weighted by atomic mass is 32.2. The summed E-state index contributed by atoms with van der Waals surface area (Å²) in [5.74, 6) is -0.573. The minimum absolute atomic E-state index is 0.0368. The van der Waals surface area contributed by atoms with Gasteiger partial charge >= 0.3 is 6.09 Å². The Morgan fingerprint density at radius 3 is 2.41 bits per heavy atom. The normalized spacial score (nSPS) is 19.7. The number of aromatic nitrogens is 1. The number of sulfonamides is 1. The van der Waals surface area contributed by atoms with Gasteiger partial charge in [-0.2, -0.15) is 0 Å². The summed E-state index contributed by atoms with van der Waals surface area (Å²) < 4.78 is 45.2. The number of hydrogen-bond donors (Lipinski definition) is 4. The first-order valence-electron chi connectivity index (χ1n) is 19.9. The van der Waals surface area contributed by atoms with Gasteiger partial charge in [-0.25, -0.2) is 22.9 Å². The van der Waals surface area contributed by atoms with Crippen molar-refractivity contribution in [3.8, 4) is 0 Å². The highest BCUT2D eigenvalue weighted by molar-refractivity contribution is 7.88. The van der Waals surface area contributed by atoms with Crippen molar-refractivity contribution >= 4 is 39.0 Å². The summed E-state index contributed by atoms with van der Waals surface area (Å²) >= 11 is 0. The van der Waals surface area contributed by atoms with Gasteiger partial charge in [-0.3, -0.25) is 9.59 Å². The fraction of sp³-hybridized carbons (Fsp3) is 0.610. The number of alkyl carbamates (subject to hydrolysis) is 1. The molecule has 0 radical (unpaired) electrons. The maximum absolute atomic E-state index is 14.4. The Hall–Kier alpha value is -4.05. The Labute approximate surface area is 330 Å². The zero-order valence-corrected chi connectivity index (χ0v) is 33.9. The summed E-state index contributed by atoms with van der Waals surface area (Å²) in [7, 11) is -3.79. The van der Waals surface area contributed by atoms with Crippen molar-refractivity contribution in [3.63, 3.8) is 0 Å². The van der Waals surface area contributed by atoms with Crippen LogP contribution in [0.1, 0.15) is 103 Å². The van der Waals surface area contributed by atoms with Gasteiger partial charge in [0, 0.05) is 26.1 Å². The summed E-state index contributed by atoms with van der Waals surface area (Å²) in [6.45, 7) is 6.30. The second-order valence-electron chi connectivity index (χ2n) is 16.2. The third-order valence-corrected chi connectivity index (χ3v) is 11.0. The number of nitrogens with zero attached hydrogens (tertiary/aromatic N) is 2. The van der Waals surface area contributed by atoms with Crippen LogP contribution < -0.4 is 15.4 Å². The third-order valence-electron chi connectivity index (χ3n) is 10.2. The number of carbonyl (C=O) groups is 3. The first-order valence-corrected chi connectivity index (χ1v) is 21.8. The quantitative estimate of drug-likeness (QED) is 0.125. The highest BCUT2D eigenvalue weighted by Crippen LogP contribution is 2.29. The lowest BCUT2D eigenvalue weighted by atomic mass is 9.90. The maximum Gasteiger partial charge on any atom is 0.407 e. The molecule has 15 heteroatoms. The number of aliphatic hydroxyl groups is 1. The highest BCUT2D eigenvalue weighted by Gasteiger charge is 2.44. The molecule has 1 aromatic heterocycles. The standard InChI is InChI=1S/C41H59N5O9S/c1-41(2,3)55-40(50)42-24-14-13-20-32(36(47)38-44-31-19-11-12-21-35(31)54-38)43-37(48)34-25-30(53-27-29-17-9-6-10-18-29)26-46(34)39(49)33(45-56(4,51)52)23-22-28-15-7-5-8-16-28/h5,7-8,11-12,15-16,19,21,29-30,32-34,36,45,47H,6,9-10,13-14,17-18,20,22-27H2,1-4H3,(H,42,50)(H,43,48)/t30-,32+,33-,34+,36?/m1/s1. The summed E-state index contributed by atoms with van der Waals surface area (Å²) in [5.41, 5.74) is 1.35. The number of carbonyl (C=O) groups excluding carboxylic acids is 3. The molecule has 1 saturated carbocycles. The van der Waals surface area contributed by atoms with Gasteiger partial charge in [-0.05, 0) is 89.3 Å². The molecule has 4 N–H and O–H groups in total. The second-order valence-corrected chi connectivity index (χ2v) is 18.0. The van der Waals surface area contributed by atoms with Gasteiger partial charge in [0.25, 0.3) is 0 Å². The van der Waals surface area contributed by atoms with E-state index in [2.05, 4.69) is 20.3 Å². The van der Waals surface area contributed by atoms with Crippen molar-refractivity contribution in [2.45, 2.75) is 127 Å². The number of rotatable bonds is 18. The number of nitrogens with one attached hydrogen (secondary N) is 3. The fourth-order valence-electron chi connectivity index (χ4n) is 7.45. The van der Waals surface area contributed by atoms with Gasteiger partial charge in [0.2, 0.25) is 27.7 Å². The van der Waals surface area contributed by atoms with Gasteiger partial charge in [-0.1, -0.05) is 61.7 Å². The average Bonchev–Trinajstić information content (AvgIpc) is 3.79. The molecule has 5 rings (SSSR count). The molecule has 1 aliphatic carbocycles. The molecule has 14 nitrogen and oxygen atoms in total. The van der Waals surface area contributed by atoms with E-state index in [0.29, 0.717) is 55.9 Å². The van der Waals surface area contributed by atoms with Gasteiger partial charge in [0.15, 0.2) is 11.7 Å². The number of amides is 3. The molecule has 3 amide bonds. The summed E-state index contributed by atoms with van der Waals surface area (Å²) in [5, 5.41) is 17.4.